The minimum atomic E-state index is -0.645. The van der Waals surface area contributed by atoms with Crippen molar-refractivity contribution in [1.82, 2.24) is 24.8 Å². The van der Waals surface area contributed by atoms with Gasteiger partial charge in [0.15, 0.2) is 11.6 Å². The molecule has 3 aromatic heterocycles. The molecule has 1 aromatic carbocycles. The molecule has 202 valence electrons. The number of nitrogens with two attached hydrogens (primary N) is 1. The molecular formula is C28H32N8O2S. The van der Waals surface area contributed by atoms with Crippen LogP contribution in [-0.4, -0.2) is 88.7 Å². The Bertz CT molecular complexity index is 1570. The van der Waals surface area contributed by atoms with Crippen LogP contribution < -0.4 is 10.6 Å². The average molecular weight is 545 g/mol. The number of H-pyrrole nitrogens is 1. The van der Waals surface area contributed by atoms with Gasteiger partial charge in [-0.2, -0.15) is 5.26 Å². The molecule has 5 heterocycles. The minimum Gasteiger partial charge on any atom is -0.378 e. The Morgan fingerprint density at radius 3 is 2.62 bits per heavy atom. The summed E-state index contributed by atoms with van der Waals surface area (Å²) in [6, 6.07) is 12.4. The smallest absolute Gasteiger partial charge is 0.237 e. The van der Waals surface area contributed by atoms with Gasteiger partial charge in [-0.3, -0.25) is 14.6 Å². The van der Waals surface area contributed by atoms with Crippen LogP contribution >= 0.6 is 11.3 Å². The van der Waals surface area contributed by atoms with Crippen LogP contribution in [-0.2, 0) is 16.1 Å². The van der Waals surface area contributed by atoms with Crippen LogP contribution in [0, 0.1) is 11.3 Å². The SMILES string of the molecule is CC(C)(C(N)=O)N1CCN(Cc2cc3nc(-c4c(C#N)[nH]c5ccccc45)nc(N4CCOCC4)c3s2)CC1. The Morgan fingerprint density at radius 2 is 1.90 bits per heavy atom. The number of hydrogen-bond donors (Lipinski definition) is 2. The molecule has 2 aliphatic heterocycles. The summed E-state index contributed by atoms with van der Waals surface area (Å²) in [5.74, 6) is 1.17. The van der Waals surface area contributed by atoms with E-state index >= 15 is 0 Å². The van der Waals surface area contributed by atoms with Crippen molar-refractivity contribution in [2.75, 3.05) is 57.4 Å². The highest BCUT2D eigenvalue weighted by molar-refractivity contribution is 7.19. The normalized spacial score (nSPS) is 17.6. The first kappa shape index (κ1) is 25.7. The largest absolute Gasteiger partial charge is 0.378 e. The van der Waals surface area contributed by atoms with Crippen LogP contribution in [0.15, 0.2) is 30.3 Å². The number of ether oxygens (including phenoxy) is 1. The van der Waals surface area contributed by atoms with Crippen molar-refractivity contribution in [3.05, 3.63) is 40.9 Å². The molecule has 6 rings (SSSR count). The standard InChI is InChI=1S/C28H32N8O2S/c1-28(2,27(30)37)36-9-7-34(8-10-36)17-18-15-21-24(39-18)26(35-11-13-38-14-12-35)33-25(32-21)23-19-5-3-4-6-20(19)31-22(23)16-29/h3-6,15,31H,7-14,17H2,1-2H3,(H2,30,37). The average Bonchev–Trinajstić information content (AvgIpc) is 3.53. The van der Waals surface area contributed by atoms with Crippen LogP contribution in [0.1, 0.15) is 24.4 Å². The topological polar surface area (TPSA) is 127 Å². The molecule has 0 aliphatic carbocycles. The lowest BCUT2D eigenvalue weighted by atomic mass is 10.0. The summed E-state index contributed by atoms with van der Waals surface area (Å²) in [5, 5.41) is 10.8. The lowest BCUT2D eigenvalue weighted by Gasteiger charge is -2.42. The van der Waals surface area contributed by atoms with Gasteiger partial charge in [0.1, 0.15) is 11.8 Å². The molecule has 11 heteroatoms. The number of nitriles is 1. The zero-order chi connectivity index (χ0) is 27.1. The Labute approximate surface area is 231 Å². The maximum atomic E-state index is 11.9. The Balaban J connectivity index is 1.35. The molecule has 0 unspecified atom stereocenters. The highest BCUT2D eigenvalue weighted by Gasteiger charge is 2.34. The fraction of sp³-hybridized carbons (Fsp3) is 0.429. The molecule has 0 radical (unpaired) electrons. The molecular weight excluding hydrogens is 512 g/mol. The minimum absolute atomic E-state index is 0.291. The second kappa shape index (κ2) is 10.2. The number of rotatable bonds is 6. The number of para-hydroxylation sites is 1. The third-order valence-electron chi connectivity index (χ3n) is 7.90. The monoisotopic (exact) mass is 544 g/mol. The van der Waals surface area contributed by atoms with Crippen molar-refractivity contribution >= 4 is 44.2 Å². The molecule has 1 amide bonds. The number of fused-ring (bicyclic) bond motifs is 2. The predicted molar refractivity (Wildman–Crippen MR) is 153 cm³/mol. The van der Waals surface area contributed by atoms with Crippen molar-refractivity contribution in [2.45, 2.75) is 25.9 Å². The molecule has 10 nitrogen and oxygen atoms in total. The molecule has 3 N–H and O–H groups in total. The van der Waals surface area contributed by atoms with Gasteiger partial charge >= 0.3 is 0 Å². The second-order valence-corrected chi connectivity index (χ2v) is 11.8. The van der Waals surface area contributed by atoms with Crippen molar-refractivity contribution < 1.29 is 9.53 Å². The summed E-state index contributed by atoms with van der Waals surface area (Å²) in [7, 11) is 0. The van der Waals surface area contributed by atoms with Gasteiger partial charge in [-0.15, -0.1) is 11.3 Å². The number of aromatic amines is 1. The van der Waals surface area contributed by atoms with Crippen LogP contribution in [0.5, 0.6) is 0 Å². The van der Waals surface area contributed by atoms with Gasteiger partial charge in [-0.25, -0.2) is 9.97 Å². The van der Waals surface area contributed by atoms with E-state index < -0.39 is 5.54 Å². The van der Waals surface area contributed by atoms with E-state index in [-0.39, 0.29) is 5.91 Å². The van der Waals surface area contributed by atoms with Crippen LogP contribution in [0.4, 0.5) is 5.82 Å². The van der Waals surface area contributed by atoms with E-state index in [9.17, 15) is 10.1 Å². The van der Waals surface area contributed by atoms with Gasteiger partial charge in [0.05, 0.1) is 34.5 Å². The summed E-state index contributed by atoms with van der Waals surface area (Å²) in [5.41, 5.74) is 7.99. The number of nitrogens with one attached hydrogen (secondary N) is 1. The zero-order valence-corrected chi connectivity index (χ0v) is 23.1. The molecule has 2 saturated heterocycles. The van der Waals surface area contributed by atoms with Crippen LogP contribution in [0.25, 0.3) is 32.5 Å². The highest BCUT2D eigenvalue weighted by Crippen LogP contribution is 2.37. The van der Waals surface area contributed by atoms with Crippen molar-refractivity contribution in [3.63, 3.8) is 0 Å². The number of aromatic nitrogens is 3. The van der Waals surface area contributed by atoms with Crippen molar-refractivity contribution in [3.8, 4) is 17.5 Å². The first-order valence-corrected chi connectivity index (χ1v) is 14.1. The summed E-state index contributed by atoms with van der Waals surface area (Å²) in [6.07, 6.45) is 0. The van der Waals surface area contributed by atoms with E-state index in [2.05, 4.69) is 31.8 Å². The first-order valence-electron chi connectivity index (χ1n) is 13.3. The molecule has 2 fully saturated rings. The number of anilines is 1. The van der Waals surface area contributed by atoms with Crippen molar-refractivity contribution in [2.24, 2.45) is 5.73 Å². The maximum Gasteiger partial charge on any atom is 0.237 e. The number of morpholine rings is 1. The maximum absolute atomic E-state index is 11.9. The Hall–Kier alpha value is -3.56. The molecule has 39 heavy (non-hydrogen) atoms. The van der Waals surface area contributed by atoms with Gasteiger partial charge < -0.3 is 20.4 Å². The molecule has 0 bridgehead atoms. The summed E-state index contributed by atoms with van der Waals surface area (Å²) in [4.78, 5) is 33.3. The number of thiophene rings is 1. The van der Waals surface area contributed by atoms with Gasteiger partial charge in [-0.05, 0) is 26.0 Å². The number of nitrogens with zero attached hydrogens (tertiary/aromatic N) is 6. The number of primary amides is 1. The molecule has 0 saturated carbocycles. The van der Waals surface area contributed by atoms with Crippen LogP contribution in [0.2, 0.25) is 0 Å². The molecule has 2 aliphatic rings. The van der Waals surface area contributed by atoms with E-state index in [1.807, 2.05) is 38.1 Å². The number of amides is 1. The van der Waals surface area contributed by atoms with Gasteiger partial charge in [-0.1, -0.05) is 18.2 Å². The highest BCUT2D eigenvalue weighted by atomic mass is 32.1. The lowest BCUT2D eigenvalue weighted by Crippen LogP contribution is -2.59. The number of carbonyl (C=O) groups is 1. The number of piperazine rings is 1. The molecule has 0 spiro atoms. The van der Waals surface area contributed by atoms with Gasteiger partial charge in [0.2, 0.25) is 5.91 Å². The Morgan fingerprint density at radius 1 is 1.15 bits per heavy atom. The third kappa shape index (κ3) is 4.74. The summed E-state index contributed by atoms with van der Waals surface area (Å²) >= 11 is 1.73. The second-order valence-electron chi connectivity index (χ2n) is 10.6. The van der Waals surface area contributed by atoms with E-state index in [0.717, 1.165) is 78.3 Å². The van der Waals surface area contributed by atoms with E-state index in [4.69, 9.17) is 20.4 Å². The quantitative estimate of drug-likeness (QED) is 0.379. The van der Waals surface area contributed by atoms with Gasteiger partial charge in [0.25, 0.3) is 0 Å². The van der Waals surface area contributed by atoms with Crippen molar-refractivity contribution in [1.29, 1.82) is 5.26 Å². The van der Waals surface area contributed by atoms with E-state index in [0.29, 0.717) is 24.7 Å². The summed E-state index contributed by atoms with van der Waals surface area (Å²) < 4.78 is 6.67. The zero-order valence-electron chi connectivity index (χ0n) is 22.2. The van der Waals surface area contributed by atoms with E-state index in [1.165, 1.54) is 4.88 Å². The lowest BCUT2D eigenvalue weighted by molar-refractivity contribution is -0.129. The fourth-order valence-electron chi connectivity index (χ4n) is 5.44. The van der Waals surface area contributed by atoms with E-state index in [1.54, 1.807) is 11.3 Å². The summed E-state index contributed by atoms with van der Waals surface area (Å²) in [6.45, 7) is 10.7. The predicted octanol–water partition coefficient (Wildman–Crippen LogP) is 2.93. The first-order chi connectivity index (χ1) is 18.8. The van der Waals surface area contributed by atoms with Gasteiger partial charge in [0, 0.05) is 61.6 Å². The fourth-order valence-corrected chi connectivity index (χ4v) is 6.60. The number of carbonyl (C=O) groups excluding carboxylic acids is 1. The third-order valence-corrected chi connectivity index (χ3v) is 9.01. The molecule has 4 aromatic rings. The molecule has 0 atom stereocenters. The number of hydrogen-bond acceptors (Lipinski definition) is 9. The number of benzene rings is 1. The van der Waals surface area contributed by atoms with Crippen LogP contribution in [0.3, 0.4) is 0 Å². The Kier molecular flexibility index (Phi) is 6.72.